The molecule has 1 N–H and O–H groups in total. The van der Waals surface area contributed by atoms with Crippen molar-refractivity contribution in [1.29, 1.82) is 0 Å². The molecule has 0 bridgehead atoms. The average molecular weight is 637 g/mol. The maximum Gasteiger partial charge on any atom is 0.264 e. The molecule has 0 aliphatic heterocycles. The van der Waals surface area contributed by atoms with Gasteiger partial charge < -0.3 is 19.7 Å². The Balaban J connectivity index is 2.15. The number of sulfonamides is 1. The van der Waals surface area contributed by atoms with Crippen LogP contribution < -0.4 is 19.1 Å². The van der Waals surface area contributed by atoms with Crippen LogP contribution in [0.4, 0.5) is 5.69 Å². The van der Waals surface area contributed by atoms with Gasteiger partial charge in [0, 0.05) is 29.2 Å². The van der Waals surface area contributed by atoms with Gasteiger partial charge in [-0.3, -0.25) is 13.9 Å². The van der Waals surface area contributed by atoms with Gasteiger partial charge in [-0.05, 0) is 54.8 Å². The first-order valence-corrected chi connectivity index (χ1v) is 15.6. The zero-order valence-corrected chi connectivity index (χ0v) is 26.3. The van der Waals surface area contributed by atoms with E-state index < -0.39 is 28.5 Å². The fraction of sp³-hybridized carbons (Fsp3) is 0.333. The molecule has 0 aromatic heterocycles. The van der Waals surface area contributed by atoms with E-state index in [0.717, 1.165) is 4.31 Å². The van der Waals surface area contributed by atoms with Gasteiger partial charge in [0.15, 0.2) is 0 Å². The lowest BCUT2D eigenvalue weighted by Crippen LogP contribution is -2.52. The van der Waals surface area contributed by atoms with Crippen molar-refractivity contribution >= 4 is 50.7 Å². The summed E-state index contributed by atoms with van der Waals surface area (Å²) in [6.45, 7) is 3.44. The minimum atomic E-state index is -4.29. The Labute approximate surface area is 257 Å². The molecule has 1 atom stereocenters. The molecule has 3 aromatic rings. The minimum absolute atomic E-state index is 0.0253. The number of benzene rings is 3. The zero-order chi connectivity index (χ0) is 30.9. The molecule has 9 nitrogen and oxygen atoms in total. The maximum atomic E-state index is 14.2. The van der Waals surface area contributed by atoms with Crippen LogP contribution in [0.3, 0.4) is 0 Å². The van der Waals surface area contributed by atoms with Gasteiger partial charge in [0.2, 0.25) is 11.8 Å². The van der Waals surface area contributed by atoms with Crippen LogP contribution >= 0.6 is 23.2 Å². The van der Waals surface area contributed by atoms with Crippen LogP contribution in [0.15, 0.2) is 71.6 Å². The Morgan fingerprint density at radius 2 is 1.67 bits per heavy atom. The lowest BCUT2D eigenvalue weighted by Gasteiger charge is -2.33. The van der Waals surface area contributed by atoms with Crippen LogP contribution in [0.2, 0.25) is 10.0 Å². The number of hydrogen-bond donors (Lipinski definition) is 1. The van der Waals surface area contributed by atoms with E-state index in [1.165, 1.54) is 37.3 Å². The van der Waals surface area contributed by atoms with Crippen LogP contribution in [-0.2, 0) is 26.2 Å². The van der Waals surface area contributed by atoms with Gasteiger partial charge in [-0.1, -0.05) is 61.3 Å². The molecule has 3 aromatic carbocycles. The Kier molecular flexibility index (Phi) is 11.9. The number of ether oxygens (including phenoxy) is 2. The standard InChI is InChI=1S/C30H35Cl2N3O6S/c1-5-16-33-30(37)26(6-2)34(19-21-12-13-22(31)17-25(21)32)29(36)20-35(42(38,39)24-10-8-7-9-11-24)27-18-23(40-3)14-15-28(27)41-4/h7-15,17-18,26H,5-6,16,19-20H2,1-4H3,(H,33,37)/t26-/m0/s1. The molecule has 3 rings (SSSR count). The molecular formula is C30H35Cl2N3O6S. The number of anilines is 1. The average Bonchev–Trinajstić information content (AvgIpc) is 2.99. The molecule has 0 radical (unpaired) electrons. The highest BCUT2D eigenvalue weighted by Crippen LogP contribution is 2.36. The normalized spacial score (nSPS) is 11.9. The quantitative estimate of drug-likeness (QED) is 0.249. The number of hydrogen-bond acceptors (Lipinski definition) is 6. The van der Waals surface area contributed by atoms with Crippen molar-refractivity contribution < 1.29 is 27.5 Å². The van der Waals surface area contributed by atoms with Gasteiger partial charge in [-0.2, -0.15) is 0 Å². The second-order valence-electron chi connectivity index (χ2n) is 9.33. The largest absolute Gasteiger partial charge is 0.497 e. The second-order valence-corrected chi connectivity index (χ2v) is 12.0. The molecule has 226 valence electrons. The number of carbonyl (C=O) groups excluding carboxylic acids is 2. The Bertz CT molecular complexity index is 1490. The smallest absolute Gasteiger partial charge is 0.264 e. The summed E-state index contributed by atoms with van der Waals surface area (Å²) in [4.78, 5) is 28.8. The molecule has 2 amide bonds. The van der Waals surface area contributed by atoms with Gasteiger partial charge in [-0.25, -0.2) is 8.42 Å². The van der Waals surface area contributed by atoms with E-state index in [2.05, 4.69) is 5.32 Å². The van der Waals surface area contributed by atoms with E-state index in [-0.39, 0.29) is 35.2 Å². The van der Waals surface area contributed by atoms with Gasteiger partial charge in [0.05, 0.1) is 24.8 Å². The van der Waals surface area contributed by atoms with Crippen molar-refractivity contribution in [3.63, 3.8) is 0 Å². The Hall–Kier alpha value is -3.47. The Morgan fingerprint density at radius 1 is 0.952 bits per heavy atom. The first-order valence-electron chi connectivity index (χ1n) is 13.4. The number of nitrogens with zero attached hydrogens (tertiary/aromatic N) is 2. The molecule has 0 saturated heterocycles. The van der Waals surface area contributed by atoms with Crippen molar-refractivity contribution in [2.45, 2.75) is 44.2 Å². The van der Waals surface area contributed by atoms with E-state index in [4.69, 9.17) is 32.7 Å². The van der Waals surface area contributed by atoms with Gasteiger partial charge in [0.25, 0.3) is 10.0 Å². The summed E-state index contributed by atoms with van der Waals surface area (Å²) >= 11 is 12.5. The van der Waals surface area contributed by atoms with Crippen molar-refractivity contribution in [2.75, 3.05) is 31.6 Å². The number of halogens is 2. The number of rotatable bonds is 14. The molecule has 0 fully saturated rings. The number of nitrogens with one attached hydrogen (secondary N) is 1. The predicted molar refractivity (Wildman–Crippen MR) is 165 cm³/mol. The summed E-state index contributed by atoms with van der Waals surface area (Å²) in [5.41, 5.74) is 0.648. The van der Waals surface area contributed by atoms with Crippen molar-refractivity contribution in [3.05, 3.63) is 82.3 Å². The lowest BCUT2D eigenvalue weighted by molar-refractivity contribution is -0.140. The summed E-state index contributed by atoms with van der Waals surface area (Å²) in [5.74, 6) is -0.400. The molecule has 0 aliphatic carbocycles. The summed E-state index contributed by atoms with van der Waals surface area (Å²) in [7, 11) is -1.43. The molecule has 0 aliphatic rings. The van der Waals surface area contributed by atoms with Crippen LogP contribution in [0.1, 0.15) is 32.3 Å². The van der Waals surface area contributed by atoms with Gasteiger partial charge in [0.1, 0.15) is 24.1 Å². The third-order valence-corrected chi connectivity index (χ3v) is 8.92. The van der Waals surface area contributed by atoms with Gasteiger partial charge in [-0.15, -0.1) is 0 Å². The molecule has 0 saturated carbocycles. The highest BCUT2D eigenvalue weighted by Gasteiger charge is 2.35. The Morgan fingerprint density at radius 3 is 2.26 bits per heavy atom. The fourth-order valence-electron chi connectivity index (χ4n) is 4.34. The summed E-state index contributed by atoms with van der Waals surface area (Å²) in [5, 5.41) is 3.58. The van der Waals surface area contributed by atoms with E-state index in [0.29, 0.717) is 34.3 Å². The number of carbonyl (C=O) groups is 2. The van der Waals surface area contributed by atoms with Crippen molar-refractivity contribution in [2.24, 2.45) is 0 Å². The number of amides is 2. The third kappa shape index (κ3) is 7.87. The topological polar surface area (TPSA) is 105 Å². The lowest BCUT2D eigenvalue weighted by atomic mass is 10.1. The molecule has 0 heterocycles. The molecule has 0 unspecified atom stereocenters. The summed E-state index contributed by atoms with van der Waals surface area (Å²) < 4.78 is 39.9. The monoisotopic (exact) mass is 635 g/mol. The SMILES string of the molecule is CCCNC(=O)[C@H](CC)N(Cc1ccc(Cl)cc1Cl)C(=O)CN(c1cc(OC)ccc1OC)S(=O)(=O)c1ccccc1. The van der Waals surface area contributed by atoms with Gasteiger partial charge >= 0.3 is 0 Å². The molecular weight excluding hydrogens is 601 g/mol. The zero-order valence-electron chi connectivity index (χ0n) is 24.0. The van der Waals surface area contributed by atoms with Crippen LogP contribution in [-0.4, -0.2) is 58.5 Å². The van der Waals surface area contributed by atoms with Crippen molar-refractivity contribution in [3.8, 4) is 11.5 Å². The molecule has 12 heteroatoms. The fourth-order valence-corrected chi connectivity index (χ4v) is 6.25. The first kappa shape index (κ1) is 33.0. The van der Waals surface area contributed by atoms with E-state index in [1.807, 2.05) is 6.92 Å². The number of methoxy groups -OCH3 is 2. The summed E-state index contributed by atoms with van der Waals surface area (Å²) in [6, 6.07) is 16.4. The maximum absolute atomic E-state index is 14.2. The van der Waals surface area contributed by atoms with E-state index in [9.17, 15) is 18.0 Å². The third-order valence-electron chi connectivity index (χ3n) is 6.56. The van der Waals surface area contributed by atoms with E-state index >= 15 is 0 Å². The van der Waals surface area contributed by atoms with Crippen LogP contribution in [0.25, 0.3) is 0 Å². The first-order chi connectivity index (χ1) is 20.1. The van der Waals surface area contributed by atoms with Crippen molar-refractivity contribution in [1.82, 2.24) is 10.2 Å². The molecule has 42 heavy (non-hydrogen) atoms. The van der Waals surface area contributed by atoms with Crippen LogP contribution in [0.5, 0.6) is 11.5 Å². The highest BCUT2D eigenvalue weighted by atomic mass is 35.5. The molecule has 0 spiro atoms. The minimum Gasteiger partial charge on any atom is -0.497 e. The second kappa shape index (κ2) is 15.1. The summed E-state index contributed by atoms with van der Waals surface area (Å²) in [6.07, 6.45) is 0.984. The highest BCUT2D eigenvalue weighted by molar-refractivity contribution is 7.92. The van der Waals surface area contributed by atoms with Crippen LogP contribution in [0, 0.1) is 0 Å². The van der Waals surface area contributed by atoms with E-state index in [1.54, 1.807) is 55.5 Å². The predicted octanol–water partition coefficient (Wildman–Crippen LogP) is 5.54.